The molecule has 112 valence electrons. The highest BCUT2D eigenvalue weighted by molar-refractivity contribution is 5.27. The number of rotatable bonds is 7. The molecule has 20 heavy (non-hydrogen) atoms. The summed E-state index contributed by atoms with van der Waals surface area (Å²) in [7, 11) is 0. The van der Waals surface area contributed by atoms with Crippen molar-refractivity contribution in [1.82, 2.24) is 10.2 Å². The van der Waals surface area contributed by atoms with Gasteiger partial charge in [-0.2, -0.15) is 8.78 Å². The summed E-state index contributed by atoms with van der Waals surface area (Å²) in [6.07, 6.45) is 2.29. The van der Waals surface area contributed by atoms with E-state index in [1.807, 2.05) is 12.1 Å². The molecule has 1 aliphatic heterocycles. The molecule has 2 rings (SSSR count). The van der Waals surface area contributed by atoms with E-state index in [1.54, 1.807) is 12.1 Å². The van der Waals surface area contributed by atoms with Crippen LogP contribution in [0.1, 0.15) is 25.3 Å². The number of nitrogens with one attached hydrogen (secondary N) is 1. The van der Waals surface area contributed by atoms with Crippen molar-refractivity contribution < 1.29 is 13.5 Å². The van der Waals surface area contributed by atoms with Crippen LogP contribution in [0.15, 0.2) is 24.3 Å². The highest BCUT2D eigenvalue weighted by Gasteiger charge is 2.21. The van der Waals surface area contributed by atoms with E-state index in [9.17, 15) is 8.78 Å². The summed E-state index contributed by atoms with van der Waals surface area (Å²) in [5, 5.41) is 3.38. The van der Waals surface area contributed by atoms with E-state index in [0.717, 1.165) is 38.2 Å². The van der Waals surface area contributed by atoms with Crippen LogP contribution in [0.5, 0.6) is 5.75 Å². The average molecular weight is 284 g/mol. The molecular formula is C15H22F2N2O. The second-order valence-electron chi connectivity index (χ2n) is 5.14. The number of ether oxygens (including phenoxy) is 1. The van der Waals surface area contributed by atoms with Gasteiger partial charge in [0.2, 0.25) is 0 Å². The fourth-order valence-corrected chi connectivity index (χ4v) is 2.64. The van der Waals surface area contributed by atoms with E-state index in [0.29, 0.717) is 6.04 Å². The molecule has 1 saturated heterocycles. The Bertz CT molecular complexity index is 391. The maximum Gasteiger partial charge on any atom is 0.387 e. The van der Waals surface area contributed by atoms with Crippen molar-refractivity contribution in [3.63, 3.8) is 0 Å². The minimum Gasteiger partial charge on any atom is -0.435 e. The first-order valence-electron chi connectivity index (χ1n) is 7.17. The van der Waals surface area contributed by atoms with Gasteiger partial charge in [0.15, 0.2) is 0 Å². The molecule has 0 bridgehead atoms. The molecule has 1 atom stereocenters. The van der Waals surface area contributed by atoms with Gasteiger partial charge in [-0.05, 0) is 43.6 Å². The Morgan fingerprint density at radius 2 is 2.10 bits per heavy atom. The molecule has 0 saturated carbocycles. The van der Waals surface area contributed by atoms with Gasteiger partial charge in [0.25, 0.3) is 0 Å². The lowest BCUT2D eigenvalue weighted by Gasteiger charge is -2.28. The third-order valence-electron chi connectivity index (χ3n) is 3.60. The number of hydrogen-bond donors (Lipinski definition) is 1. The van der Waals surface area contributed by atoms with Gasteiger partial charge in [-0.3, -0.25) is 4.90 Å². The number of nitrogens with zero attached hydrogens (tertiary/aromatic N) is 1. The molecule has 1 unspecified atom stereocenters. The average Bonchev–Trinajstić information content (AvgIpc) is 2.94. The fourth-order valence-electron chi connectivity index (χ4n) is 2.64. The molecule has 1 N–H and O–H groups in total. The summed E-state index contributed by atoms with van der Waals surface area (Å²) in [6.45, 7) is 3.44. The number of hydrogen-bond acceptors (Lipinski definition) is 3. The Morgan fingerprint density at radius 1 is 1.35 bits per heavy atom. The maximum absolute atomic E-state index is 12.1. The first-order valence-corrected chi connectivity index (χ1v) is 7.17. The lowest BCUT2D eigenvalue weighted by Crippen LogP contribution is -2.36. The van der Waals surface area contributed by atoms with Gasteiger partial charge in [-0.1, -0.05) is 19.1 Å². The summed E-state index contributed by atoms with van der Waals surface area (Å²) in [6, 6.07) is 7.52. The minimum atomic E-state index is -2.76. The topological polar surface area (TPSA) is 24.5 Å². The van der Waals surface area contributed by atoms with E-state index in [1.165, 1.54) is 6.42 Å². The molecule has 1 heterocycles. The highest BCUT2D eigenvalue weighted by atomic mass is 19.3. The van der Waals surface area contributed by atoms with Crippen LogP contribution in [0, 0.1) is 0 Å². The molecular weight excluding hydrogens is 262 g/mol. The van der Waals surface area contributed by atoms with Crippen LogP contribution in [0.2, 0.25) is 0 Å². The molecule has 0 radical (unpaired) electrons. The second kappa shape index (κ2) is 7.55. The predicted molar refractivity (Wildman–Crippen MR) is 75.0 cm³/mol. The van der Waals surface area contributed by atoms with Crippen LogP contribution >= 0.6 is 0 Å². The monoisotopic (exact) mass is 284 g/mol. The normalized spacial score (nSPS) is 18.9. The molecule has 1 aliphatic rings. The van der Waals surface area contributed by atoms with Gasteiger partial charge >= 0.3 is 6.61 Å². The molecule has 1 aromatic rings. The third kappa shape index (κ3) is 4.42. The summed E-state index contributed by atoms with van der Waals surface area (Å²) >= 11 is 0. The molecule has 5 heteroatoms. The second-order valence-corrected chi connectivity index (χ2v) is 5.14. The largest absolute Gasteiger partial charge is 0.435 e. The highest BCUT2D eigenvalue weighted by Crippen LogP contribution is 2.18. The standard InChI is InChI=1S/C15H22F2N2O/c1-2-9-19(13-7-8-18-10-13)11-12-3-5-14(6-4-12)20-15(16)17/h3-6,13,15,18H,2,7-11H2,1H3. The Hall–Kier alpha value is -1.20. The van der Waals surface area contributed by atoms with Crippen LogP contribution in [-0.2, 0) is 6.54 Å². The van der Waals surface area contributed by atoms with Gasteiger partial charge in [-0.25, -0.2) is 0 Å². The molecule has 0 aliphatic carbocycles. The summed E-state index contributed by atoms with van der Waals surface area (Å²) in [5.74, 6) is 0.216. The lowest BCUT2D eigenvalue weighted by molar-refractivity contribution is -0.0498. The van der Waals surface area contributed by atoms with Gasteiger partial charge in [0.05, 0.1) is 0 Å². The number of alkyl halides is 2. The van der Waals surface area contributed by atoms with Gasteiger partial charge in [-0.15, -0.1) is 0 Å². The van der Waals surface area contributed by atoms with Gasteiger partial charge < -0.3 is 10.1 Å². The molecule has 0 amide bonds. The Labute approximate surface area is 118 Å². The summed E-state index contributed by atoms with van der Waals surface area (Å²) < 4.78 is 28.6. The van der Waals surface area contributed by atoms with E-state index in [2.05, 4.69) is 21.9 Å². The Morgan fingerprint density at radius 3 is 2.65 bits per heavy atom. The fraction of sp³-hybridized carbons (Fsp3) is 0.600. The molecule has 0 spiro atoms. The Kier molecular flexibility index (Phi) is 5.73. The van der Waals surface area contributed by atoms with Crippen LogP contribution < -0.4 is 10.1 Å². The van der Waals surface area contributed by atoms with Crippen molar-refractivity contribution in [2.75, 3.05) is 19.6 Å². The van der Waals surface area contributed by atoms with Crippen LogP contribution in [0.3, 0.4) is 0 Å². The maximum atomic E-state index is 12.1. The van der Waals surface area contributed by atoms with Crippen molar-refractivity contribution in [3.8, 4) is 5.75 Å². The van der Waals surface area contributed by atoms with E-state index in [4.69, 9.17) is 0 Å². The van der Waals surface area contributed by atoms with Crippen molar-refractivity contribution in [2.45, 2.75) is 39.0 Å². The lowest BCUT2D eigenvalue weighted by atomic mass is 10.1. The van der Waals surface area contributed by atoms with Crippen molar-refractivity contribution in [3.05, 3.63) is 29.8 Å². The quantitative estimate of drug-likeness (QED) is 0.833. The third-order valence-corrected chi connectivity index (χ3v) is 3.60. The minimum absolute atomic E-state index is 0.216. The number of benzene rings is 1. The zero-order valence-corrected chi connectivity index (χ0v) is 11.8. The van der Waals surface area contributed by atoms with Crippen LogP contribution in [0.4, 0.5) is 8.78 Å². The van der Waals surface area contributed by atoms with E-state index >= 15 is 0 Å². The van der Waals surface area contributed by atoms with Gasteiger partial charge in [0.1, 0.15) is 5.75 Å². The van der Waals surface area contributed by atoms with Crippen LogP contribution in [-0.4, -0.2) is 37.2 Å². The smallest absolute Gasteiger partial charge is 0.387 e. The van der Waals surface area contributed by atoms with Crippen LogP contribution in [0.25, 0.3) is 0 Å². The van der Waals surface area contributed by atoms with E-state index < -0.39 is 6.61 Å². The molecule has 1 aromatic carbocycles. The molecule has 0 aromatic heterocycles. The molecule has 1 fully saturated rings. The van der Waals surface area contributed by atoms with Crippen molar-refractivity contribution in [2.24, 2.45) is 0 Å². The van der Waals surface area contributed by atoms with Crippen molar-refractivity contribution in [1.29, 1.82) is 0 Å². The zero-order valence-electron chi connectivity index (χ0n) is 11.8. The number of halogens is 2. The first-order chi connectivity index (χ1) is 9.69. The zero-order chi connectivity index (χ0) is 14.4. The summed E-state index contributed by atoms with van der Waals surface area (Å²) in [5.41, 5.74) is 1.13. The Balaban J connectivity index is 1.95. The SMILES string of the molecule is CCCN(Cc1ccc(OC(F)F)cc1)C1CCNC1. The summed E-state index contributed by atoms with van der Waals surface area (Å²) in [4.78, 5) is 2.46. The predicted octanol–water partition coefficient (Wildman–Crippen LogP) is 2.86. The van der Waals surface area contributed by atoms with Gasteiger partial charge in [0, 0.05) is 19.1 Å². The molecule has 3 nitrogen and oxygen atoms in total. The first kappa shape index (κ1) is 15.2. The van der Waals surface area contributed by atoms with E-state index in [-0.39, 0.29) is 5.75 Å². The van der Waals surface area contributed by atoms with Crippen molar-refractivity contribution >= 4 is 0 Å².